The number of benzene rings is 2. The maximum Gasteiger partial charge on any atom is 0.297 e. The molecule has 2 aromatic carbocycles. The first-order chi connectivity index (χ1) is 12.6. The fraction of sp³-hybridized carbons (Fsp3) is 0.286. The van der Waals surface area contributed by atoms with E-state index in [-0.39, 0.29) is 23.7 Å². The zero-order chi connectivity index (χ0) is 18.5. The standard InChI is InChI=1S/C21H23NO4/c1-3-4-12-25-16-10-11-17-18(13-16)22(2)21(24)20(19(17)23)26-14-15-8-6-5-7-9-15/h5-11,13,23H,3-4,12,14H2,1-2H3. The number of ether oxygens (including phenoxy) is 2. The summed E-state index contributed by atoms with van der Waals surface area (Å²) >= 11 is 0. The number of aromatic hydroxyl groups is 1. The van der Waals surface area contributed by atoms with E-state index in [4.69, 9.17) is 9.47 Å². The van der Waals surface area contributed by atoms with Gasteiger partial charge in [-0.25, -0.2) is 0 Å². The second-order valence-corrected chi connectivity index (χ2v) is 6.20. The van der Waals surface area contributed by atoms with Crippen LogP contribution in [-0.2, 0) is 13.7 Å². The van der Waals surface area contributed by atoms with Gasteiger partial charge in [-0.15, -0.1) is 0 Å². The Balaban J connectivity index is 1.93. The van der Waals surface area contributed by atoms with Crippen LogP contribution in [-0.4, -0.2) is 16.3 Å². The summed E-state index contributed by atoms with van der Waals surface area (Å²) in [6.07, 6.45) is 2.02. The van der Waals surface area contributed by atoms with Gasteiger partial charge in [0.2, 0.25) is 5.75 Å². The number of fused-ring (bicyclic) bond motifs is 1. The maximum absolute atomic E-state index is 12.6. The molecular weight excluding hydrogens is 330 g/mol. The first-order valence-electron chi connectivity index (χ1n) is 8.77. The highest BCUT2D eigenvalue weighted by atomic mass is 16.5. The molecule has 0 aliphatic rings. The molecule has 0 saturated carbocycles. The van der Waals surface area contributed by atoms with Crippen molar-refractivity contribution in [2.45, 2.75) is 26.4 Å². The van der Waals surface area contributed by atoms with Gasteiger partial charge in [-0.1, -0.05) is 43.7 Å². The van der Waals surface area contributed by atoms with Gasteiger partial charge in [0.25, 0.3) is 5.56 Å². The highest BCUT2D eigenvalue weighted by Crippen LogP contribution is 2.33. The zero-order valence-corrected chi connectivity index (χ0v) is 15.1. The summed E-state index contributed by atoms with van der Waals surface area (Å²) in [5, 5.41) is 11.1. The molecule has 0 atom stereocenters. The van der Waals surface area contributed by atoms with E-state index in [0.29, 0.717) is 23.3 Å². The number of nitrogens with zero attached hydrogens (tertiary/aromatic N) is 1. The minimum Gasteiger partial charge on any atom is -0.504 e. The molecule has 1 aromatic heterocycles. The molecule has 0 bridgehead atoms. The van der Waals surface area contributed by atoms with Crippen molar-refractivity contribution in [3.8, 4) is 17.2 Å². The normalized spacial score (nSPS) is 10.8. The zero-order valence-electron chi connectivity index (χ0n) is 15.1. The van der Waals surface area contributed by atoms with Crippen LogP contribution in [0.2, 0.25) is 0 Å². The molecule has 0 unspecified atom stereocenters. The fourth-order valence-electron chi connectivity index (χ4n) is 2.76. The van der Waals surface area contributed by atoms with Gasteiger partial charge in [0.1, 0.15) is 12.4 Å². The van der Waals surface area contributed by atoms with Crippen LogP contribution in [0.25, 0.3) is 10.9 Å². The van der Waals surface area contributed by atoms with Crippen LogP contribution in [0.15, 0.2) is 53.3 Å². The Hall–Kier alpha value is -2.95. The molecule has 3 aromatic rings. The minimum atomic E-state index is -0.378. The molecule has 3 rings (SSSR count). The predicted octanol–water partition coefficient (Wildman–Crippen LogP) is 4.00. The van der Waals surface area contributed by atoms with Crippen molar-refractivity contribution in [3.63, 3.8) is 0 Å². The van der Waals surface area contributed by atoms with Crippen molar-refractivity contribution >= 4 is 10.9 Å². The van der Waals surface area contributed by atoms with Crippen LogP contribution in [0, 0.1) is 0 Å². The average Bonchev–Trinajstić information content (AvgIpc) is 2.67. The Bertz CT molecular complexity index is 948. The van der Waals surface area contributed by atoms with E-state index < -0.39 is 0 Å². The van der Waals surface area contributed by atoms with Gasteiger partial charge in [0.05, 0.1) is 12.1 Å². The topological polar surface area (TPSA) is 60.7 Å². The third kappa shape index (κ3) is 3.67. The maximum atomic E-state index is 12.6. The molecule has 26 heavy (non-hydrogen) atoms. The third-order valence-corrected chi connectivity index (χ3v) is 4.29. The molecule has 0 aliphatic heterocycles. The van der Waals surface area contributed by atoms with Crippen LogP contribution in [0.5, 0.6) is 17.2 Å². The lowest BCUT2D eigenvalue weighted by Crippen LogP contribution is -2.20. The second kappa shape index (κ2) is 7.95. The highest BCUT2D eigenvalue weighted by Gasteiger charge is 2.16. The predicted molar refractivity (Wildman–Crippen MR) is 102 cm³/mol. The van der Waals surface area contributed by atoms with Gasteiger partial charge in [-0.05, 0) is 24.1 Å². The summed E-state index contributed by atoms with van der Waals surface area (Å²) in [4.78, 5) is 12.6. The van der Waals surface area contributed by atoms with Crippen molar-refractivity contribution in [1.82, 2.24) is 4.57 Å². The van der Waals surface area contributed by atoms with Crippen LogP contribution in [0.1, 0.15) is 25.3 Å². The first-order valence-corrected chi connectivity index (χ1v) is 8.77. The summed E-state index contributed by atoms with van der Waals surface area (Å²) in [7, 11) is 1.66. The number of aryl methyl sites for hydroxylation is 1. The third-order valence-electron chi connectivity index (χ3n) is 4.29. The number of unbranched alkanes of at least 4 members (excludes halogenated alkanes) is 1. The van der Waals surface area contributed by atoms with Crippen LogP contribution < -0.4 is 15.0 Å². The molecule has 0 aliphatic carbocycles. The molecule has 5 nitrogen and oxygen atoms in total. The van der Waals surface area contributed by atoms with Crippen molar-refractivity contribution < 1.29 is 14.6 Å². The quantitative estimate of drug-likeness (QED) is 0.652. The summed E-state index contributed by atoms with van der Waals surface area (Å²) in [5.41, 5.74) is 1.15. The Morgan fingerprint density at radius 1 is 1.08 bits per heavy atom. The Kier molecular flexibility index (Phi) is 5.46. The molecule has 0 fully saturated rings. The number of aromatic nitrogens is 1. The van der Waals surface area contributed by atoms with Crippen molar-refractivity contribution in [2.24, 2.45) is 7.05 Å². The SMILES string of the molecule is CCCCOc1ccc2c(O)c(OCc3ccccc3)c(=O)n(C)c2c1. The summed E-state index contributed by atoms with van der Waals surface area (Å²) in [6.45, 7) is 2.94. The number of hydrogen-bond acceptors (Lipinski definition) is 4. The van der Waals surface area contributed by atoms with Crippen molar-refractivity contribution in [3.05, 3.63) is 64.4 Å². The Labute approximate surface area is 152 Å². The van der Waals surface area contributed by atoms with Crippen LogP contribution in [0.3, 0.4) is 0 Å². The van der Waals surface area contributed by atoms with E-state index in [1.165, 1.54) is 4.57 Å². The Morgan fingerprint density at radius 3 is 2.58 bits per heavy atom. The molecular formula is C21H23NO4. The minimum absolute atomic E-state index is 0.0384. The largest absolute Gasteiger partial charge is 0.504 e. The average molecular weight is 353 g/mol. The van der Waals surface area contributed by atoms with E-state index >= 15 is 0 Å². The molecule has 5 heteroatoms. The molecule has 1 heterocycles. The number of pyridine rings is 1. The molecule has 0 saturated heterocycles. The van der Waals surface area contributed by atoms with E-state index in [1.807, 2.05) is 30.3 Å². The molecule has 136 valence electrons. The highest BCUT2D eigenvalue weighted by molar-refractivity contribution is 5.88. The smallest absolute Gasteiger partial charge is 0.297 e. The van der Waals surface area contributed by atoms with E-state index in [1.54, 1.807) is 25.2 Å². The van der Waals surface area contributed by atoms with Crippen molar-refractivity contribution in [1.29, 1.82) is 0 Å². The van der Waals surface area contributed by atoms with Gasteiger partial charge in [0, 0.05) is 18.5 Å². The Morgan fingerprint density at radius 2 is 1.85 bits per heavy atom. The number of rotatable bonds is 7. The van der Waals surface area contributed by atoms with Gasteiger partial charge >= 0.3 is 0 Å². The fourth-order valence-corrected chi connectivity index (χ4v) is 2.76. The summed E-state index contributed by atoms with van der Waals surface area (Å²) < 4.78 is 12.8. The van der Waals surface area contributed by atoms with Crippen LogP contribution >= 0.6 is 0 Å². The van der Waals surface area contributed by atoms with Crippen molar-refractivity contribution in [2.75, 3.05) is 6.61 Å². The first kappa shape index (κ1) is 17.9. The molecule has 0 spiro atoms. The second-order valence-electron chi connectivity index (χ2n) is 6.20. The lowest BCUT2D eigenvalue weighted by atomic mass is 10.1. The summed E-state index contributed by atoms with van der Waals surface area (Å²) in [5.74, 6) is 0.501. The van der Waals surface area contributed by atoms with Gasteiger partial charge < -0.3 is 19.1 Å². The molecule has 0 amide bonds. The monoisotopic (exact) mass is 353 g/mol. The van der Waals surface area contributed by atoms with E-state index in [9.17, 15) is 9.90 Å². The number of hydrogen-bond donors (Lipinski definition) is 1. The lowest BCUT2D eigenvalue weighted by molar-refractivity contribution is 0.284. The van der Waals surface area contributed by atoms with E-state index in [0.717, 1.165) is 18.4 Å². The van der Waals surface area contributed by atoms with Crippen LogP contribution in [0.4, 0.5) is 0 Å². The lowest BCUT2D eigenvalue weighted by Gasteiger charge is -2.14. The summed E-state index contributed by atoms with van der Waals surface area (Å²) in [6, 6.07) is 14.8. The molecule has 1 N–H and O–H groups in total. The van der Waals surface area contributed by atoms with Gasteiger partial charge in [0.15, 0.2) is 5.75 Å². The van der Waals surface area contributed by atoms with Gasteiger partial charge in [-0.2, -0.15) is 0 Å². The van der Waals surface area contributed by atoms with E-state index in [2.05, 4.69) is 6.92 Å². The van der Waals surface area contributed by atoms with Gasteiger partial charge in [-0.3, -0.25) is 4.79 Å². The molecule has 0 radical (unpaired) electrons.